The summed E-state index contributed by atoms with van der Waals surface area (Å²) in [5.41, 5.74) is 8.46. The number of anilines is 1. The quantitative estimate of drug-likeness (QED) is 0.562. The van der Waals surface area contributed by atoms with Gasteiger partial charge in [0.2, 0.25) is 0 Å². The maximum absolute atomic E-state index is 9.63. The van der Waals surface area contributed by atoms with Crippen LogP contribution < -0.4 is 11.1 Å². The number of aliphatic hydroxyl groups excluding tert-OH is 1. The molecule has 0 spiro atoms. The van der Waals surface area contributed by atoms with Crippen LogP contribution in [0.25, 0.3) is 11.0 Å². The highest BCUT2D eigenvalue weighted by molar-refractivity contribution is 5.86. The number of nitrogens with one attached hydrogen (secondary N) is 2. The van der Waals surface area contributed by atoms with Crippen molar-refractivity contribution >= 4 is 16.9 Å². The number of aliphatic hydroxyl groups is 1. The van der Waals surface area contributed by atoms with E-state index in [0.29, 0.717) is 12.4 Å². The van der Waals surface area contributed by atoms with Crippen LogP contribution in [0.3, 0.4) is 0 Å². The summed E-state index contributed by atoms with van der Waals surface area (Å²) in [6, 6.07) is 0. The highest BCUT2D eigenvalue weighted by Gasteiger charge is 2.08. The Morgan fingerprint density at radius 1 is 1.42 bits per heavy atom. The average Bonchev–Trinajstić information content (AvgIpc) is 2.80. The fraction of sp³-hybridized carbons (Fsp3) is 0.538. The van der Waals surface area contributed by atoms with Crippen molar-refractivity contribution in [2.45, 2.75) is 38.8 Å². The van der Waals surface area contributed by atoms with Crippen LogP contribution in [-0.2, 0) is 6.54 Å². The third-order valence-corrected chi connectivity index (χ3v) is 3.16. The van der Waals surface area contributed by atoms with Crippen LogP contribution in [-0.4, -0.2) is 32.7 Å². The Morgan fingerprint density at radius 3 is 3.05 bits per heavy atom. The number of aromatic amines is 1. The first-order valence-electron chi connectivity index (χ1n) is 6.67. The predicted octanol–water partition coefficient (Wildman–Crippen LogP) is 1.18. The van der Waals surface area contributed by atoms with Crippen molar-refractivity contribution < 1.29 is 5.11 Å². The van der Waals surface area contributed by atoms with Gasteiger partial charge in [0.05, 0.1) is 11.6 Å². The van der Waals surface area contributed by atoms with E-state index in [1.54, 1.807) is 0 Å². The Hall–Kier alpha value is -1.66. The summed E-state index contributed by atoms with van der Waals surface area (Å²) in [5, 5.41) is 12.9. The standard InChI is InChI=1S/C13H21N5O/c1-2-3-10(19)4-5-15-6-9-7-16-12-11(9)17-8-18-13(12)14/h7-8,10,15-16,19H,2-6H2,1H3,(H2,14,17,18). The molecule has 0 saturated carbocycles. The number of nitrogens with zero attached hydrogens (tertiary/aromatic N) is 2. The second-order valence-electron chi connectivity index (χ2n) is 4.70. The molecule has 5 N–H and O–H groups in total. The normalized spacial score (nSPS) is 12.9. The van der Waals surface area contributed by atoms with Gasteiger partial charge in [0.1, 0.15) is 11.8 Å². The van der Waals surface area contributed by atoms with Gasteiger partial charge in [-0.15, -0.1) is 0 Å². The van der Waals surface area contributed by atoms with E-state index >= 15 is 0 Å². The van der Waals surface area contributed by atoms with E-state index in [4.69, 9.17) is 5.73 Å². The molecule has 2 aromatic rings. The van der Waals surface area contributed by atoms with E-state index in [-0.39, 0.29) is 6.10 Å². The highest BCUT2D eigenvalue weighted by atomic mass is 16.3. The minimum Gasteiger partial charge on any atom is -0.393 e. The lowest BCUT2D eigenvalue weighted by Gasteiger charge is -2.09. The number of aromatic nitrogens is 3. The summed E-state index contributed by atoms with van der Waals surface area (Å²) in [6.45, 7) is 3.57. The zero-order valence-electron chi connectivity index (χ0n) is 11.2. The summed E-state index contributed by atoms with van der Waals surface area (Å²) in [7, 11) is 0. The van der Waals surface area contributed by atoms with Crippen molar-refractivity contribution in [3.05, 3.63) is 18.1 Å². The van der Waals surface area contributed by atoms with Gasteiger partial charge in [-0.3, -0.25) is 0 Å². The van der Waals surface area contributed by atoms with Gasteiger partial charge in [-0.2, -0.15) is 0 Å². The SMILES string of the molecule is CCCC(O)CCNCc1c[nH]c2c(N)ncnc12. The van der Waals surface area contributed by atoms with Crippen molar-refractivity contribution in [2.24, 2.45) is 0 Å². The van der Waals surface area contributed by atoms with Crippen molar-refractivity contribution in [1.82, 2.24) is 20.3 Å². The lowest BCUT2D eigenvalue weighted by atomic mass is 10.1. The Bertz CT molecular complexity index is 525. The molecule has 0 fully saturated rings. The molecular formula is C13H21N5O. The largest absolute Gasteiger partial charge is 0.393 e. The molecule has 104 valence electrons. The van der Waals surface area contributed by atoms with Crippen molar-refractivity contribution in [2.75, 3.05) is 12.3 Å². The molecular weight excluding hydrogens is 242 g/mol. The first-order chi connectivity index (χ1) is 9.22. The molecule has 6 nitrogen and oxygen atoms in total. The van der Waals surface area contributed by atoms with E-state index in [0.717, 1.165) is 42.4 Å². The number of rotatable bonds is 7. The summed E-state index contributed by atoms with van der Waals surface area (Å²) in [5.74, 6) is 0.467. The van der Waals surface area contributed by atoms with Crippen molar-refractivity contribution in [1.29, 1.82) is 0 Å². The molecule has 2 rings (SSSR count). The average molecular weight is 263 g/mol. The van der Waals surface area contributed by atoms with Crippen LogP contribution in [0.1, 0.15) is 31.7 Å². The Labute approximate surface area is 112 Å². The molecule has 0 amide bonds. The summed E-state index contributed by atoms with van der Waals surface area (Å²) in [4.78, 5) is 11.3. The van der Waals surface area contributed by atoms with Crippen molar-refractivity contribution in [3.63, 3.8) is 0 Å². The molecule has 0 bridgehead atoms. The number of nitrogen functional groups attached to an aromatic ring is 1. The van der Waals surface area contributed by atoms with Gasteiger partial charge in [-0.1, -0.05) is 13.3 Å². The molecule has 1 atom stereocenters. The van der Waals surface area contributed by atoms with Crippen LogP contribution in [0.15, 0.2) is 12.5 Å². The molecule has 0 aliphatic rings. The zero-order chi connectivity index (χ0) is 13.7. The number of nitrogens with two attached hydrogens (primary N) is 1. The third-order valence-electron chi connectivity index (χ3n) is 3.16. The van der Waals surface area contributed by atoms with Crippen LogP contribution in [0.2, 0.25) is 0 Å². The zero-order valence-corrected chi connectivity index (χ0v) is 11.2. The van der Waals surface area contributed by atoms with E-state index in [1.165, 1.54) is 6.33 Å². The molecule has 6 heteroatoms. The Kier molecular flexibility index (Phi) is 4.70. The van der Waals surface area contributed by atoms with Gasteiger partial charge in [0, 0.05) is 18.3 Å². The molecule has 0 radical (unpaired) electrons. The maximum Gasteiger partial charge on any atom is 0.151 e. The van der Waals surface area contributed by atoms with Crippen molar-refractivity contribution in [3.8, 4) is 0 Å². The molecule has 1 unspecified atom stereocenters. The monoisotopic (exact) mass is 263 g/mol. The van der Waals surface area contributed by atoms with Gasteiger partial charge in [-0.05, 0) is 19.4 Å². The maximum atomic E-state index is 9.63. The van der Waals surface area contributed by atoms with Crippen LogP contribution >= 0.6 is 0 Å². The molecule has 2 aromatic heterocycles. The second kappa shape index (κ2) is 6.49. The summed E-state index contributed by atoms with van der Waals surface area (Å²) in [6.07, 6.45) is 5.80. The van der Waals surface area contributed by atoms with E-state index in [2.05, 4.69) is 27.2 Å². The minimum absolute atomic E-state index is 0.210. The van der Waals surface area contributed by atoms with Crippen LogP contribution in [0, 0.1) is 0 Å². The summed E-state index contributed by atoms with van der Waals surface area (Å²) < 4.78 is 0. The van der Waals surface area contributed by atoms with Gasteiger partial charge in [0.15, 0.2) is 5.82 Å². The van der Waals surface area contributed by atoms with Crippen LogP contribution in [0.4, 0.5) is 5.82 Å². The minimum atomic E-state index is -0.210. The Balaban J connectivity index is 1.87. The van der Waals surface area contributed by atoms with E-state index < -0.39 is 0 Å². The van der Waals surface area contributed by atoms with Gasteiger partial charge >= 0.3 is 0 Å². The first-order valence-corrected chi connectivity index (χ1v) is 6.67. The fourth-order valence-corrected chi connectivity index (χ4v) is 2.12. The fourth-order valence-electron chi connectivity index (χ4n) is 2.12. The number of H-pyrrole nitrogens is 1. The first kappa shape index (κ1) is 13.8. The van der Waals surface area contributed by atoms with Gasteiger partial charge in [0.25, 0.3) is 0 Å². The van der Waals surface area contributed by atoms with Gasteiger partial charge in [-0.25, -0.2) is 9.97 Å². The number of hydrogen-bond donors (Lipinski definition) is 4. The van der Waals surface area contributed by atoms with E-state index in [9.17, 15) is 5.11 Å². The molecule has 0 aromatic carbocycles. The third kappa shape index (κ3) is 3.42. The number of hydrogen-bond acceptors (Lipinski definition) is 5. The topological polar surface area (TPSA) is 99.8 Å². The molecule has 0 aliphatic heterocycles. The van der Waals surface area contributed by atoms with Gasteiger partial charge < -0.3 is 21.1 Å². The molecule has 2 heterocycles. The Morgan fingerprint density at radius 2 is 2.26 bits per heavy atom. The predicted molar refractivity (Wildman–Crippen MR) is 75.5 cm³/mol. The van der Waals surface area contributed by atoms with E-state index in [1.807, 2.05) is 6.20 Å². The summed E-state index contributed by atoms with van der Waals surface area (Å²) >= 11 is 0. The van der Waals surface area contributed by atoms with Crippen LogP contribution in [0.5, 0.6) is 0 Å². The highest BCUT2D eigenvalue weighted by Crippen LogP contribution is 2.18. The number of fused-ring (bicyclic) bond motifs is 1. The molecule has 0 saturated heterocycles. The molecule has 19 heavy (non-hydrogen) atoms. The lowest BCUT2D eigenvalue weighted by molar-refractivity contribution is 0.153. The molecule has 0 aliphatic carbocycles. The lowest BCUT2D eigenvalue weighted by Crippen LogP contribution is -2.20. The smallest absolute Gasteiger partial charge is 0.151 e. The second-order valence-corrected chi connectivity index (χ2v) is 4.70.